The highest BCUT2D eigenvalue weighted by Gasteiger charge is 2.28. The number of hydrogen-bond donors (Lipinski definition) is 0. The van der Waals surface area contributed by atoms with Gasteiger partial charge < -0.3 is 0 Å². The molecule has 6 nitrogen and oxygen atoms in total. The van der Waals surface area contributed by atoms with Gasteiger partial charge in [0, 0.05) is 17.9 Å². The average Bonchev–Trinajstić information content (AvgIpc) is 2.88. The van der Waals surface area contributed by atoms with Crippen LogP contribution in [0.25, 0.3) is 0 Å². The summed E-state index contributed by atoms with van der Waals surface area (Å²) in [7, 11) is -3.91. The summed E-state index contributed by atoms with van der Waals surface area (Å²) < 4.78 is 28.3. The largest absolute Gasteiger partial charge is 0.287 e. The minimum absolute atomic E-state index is 0.0512. The number of rotatable bonds is 7. The lowest BCUT2D eigenvalue weighted by atomic mass is 10.2. The van der Waals surface area contributed by atoms with Gasteiger partial charge in [0.25, 0.3) is 15.9 Å². The Bertz CT molecular complexity index is 1290. The molecule has 1 aliphatic heterocycles. The first-order valence-corrected chi connectivity index (χ1v) is 13.3. The van der Waals surface area contributed by atoms with E-state index < -0.39 is 10.0 Å². The Kier molecular flexibility index (Phi) is 7.49. The first-order valence-electron chi connectivity index (χ1n) is 10.9. The van der Waals surface area contributed by atoms with Gasteiger partial charge in [0.15, 0.2) is 5.17 Å². The van der Waals surface area contributed by atoms with Crippen LogP contribution in [0.2, 0.25) is 0 Å². The van der Waals surface area contributed by atoms with Gasteiger partial charge >= 0.3 is 0 Å². The van der Waals surface area contributed by atoms with Crippen molar-refractivity contribution < 1.29 is 13.2 Å². The maximum atomic E-state index is 13.5. The highest BCUT2D eigenvalue weighted by Crippen LogP contribution is 2.27. The standard InChI is InChI=1S/C26H25N3O3S2/c1-2-17-29(23-14-7-4-8-15-23)34(31,32)24-16-9-11-21(20-24)25(30)28-18-10-19-33-26(28)27-22-12-5-3-6-13-22/h2-9,11-16,20H,1,10,17-19H2. The molecule has 1 aliphatic rings. The van der Waals surface area contributed by atoms with Crippen molar-refractivity contribution in [1.29, 1.82) is 0 Å². The third kappa shape index (κ3) is 5.24. The van der Waals surface area contributed by atoms with E-state index in [4.69, 9.17) is 0 Å². The van der Waals surface area contributed by atoms with E-state index in [2.05, 4.69) is 11.6 Å². The van der Waals surface area contributed by atoms with Crippen LogP contribution in [0, 0.1) is 0 Å². The van der Waals surface area contributed by atoms with E-state index in [1.165, 1.54) is 34.3 Å². The molecule has 0 spiro atoms. The van der Waals surface area contributed by atoms with Crippen LogP contribution in [0.3, 0.4) is 0 Å². The third-order valence-corrected chi connectivity index (χ3v) is 8.07. The van der Waals surface area contributed by atoms with E-state index in [9.17, 15) is 13.2 Å². The van der Waals surface area contributed by atoms with E-state index in [0.717, 1.165) is 17.9 Å². The fraction of sp³-hybridized carbons (Fsp3) is 0.154. The Balaban J connectivity index is 1.66. The molecule has 0 N–H and O–H groups in total. The summed E-state index contributed by atoms with van der Waals surface area (Å²) in [5, 5.41) is 0.619. The Morgan fingerprint density at radius 3 is 2.44 bits per heavy atom. The van der Waals surface area contributed by atoms with Crippen molar-refractivity contribution in [2.45, 2.75) is 11.3 Å². The quantitative estimate of drug-likeness (QED) is 0.419. The number of aliphatic imine (C=N–C) groups is 1. The molecule has 3 aromatic rings. The van der Waals surface area contributed by atoms with Crippen LogP contribution < -0.4 is 4.31 Å². The molecule has 8 heteroatoms. The number of thioether (sulfide) groups is 1. The Labute approximate surface area is 204 Å². The summed E-state index contributed by atoms with van der Waals surface area (Å²) in [6.07, 6.45) is 2.38. The van der Waals surface area contributed by atoms with E-state index in [1.54, 1.807) is 41.3 Å². The number of nitrogens with zero attached hydrogens (tertiary/aromatic N) is 3. The topological polar surface area (TPSA) is 70.1 Å². The average molecular weight is 492 g/mol. The molecule has 1 amide bonds. The van der Waals surface area contributed by atoms with E-state index in [1.807, 2.05) is 36.4 Å². The summed E-state index contributed by atoms with van der Waals surface area (Å²) in [5.41, 5.74) is 1.60. The van der Waals surface area contributed by atoms with Crippen molar-refractivity contribution >= 4 is 44.2 Å². The van der Waals surface area contributed by atoms with Gasteiger partial charge in [0.2, 0.25) is 0 Å². The van der Waals surface area contributed by atoms with Crippen LogP contribution in [-0.4, -0.2) is 43.2 Å². The molecule has 0 bridgehead atoms. The second-order valence-corrected chi connectivity index (χ2v) is 10.5. The maximum Gasteiger partial charge on any atom is 0.264 e. The molecule has 174 valence electrons. The number of benzene rings is 3. The highest BCUT2D eigenvalue weighted by atomic mass is 32.2. The van der Waals surface area contributed by atoms with Crippen molar-refractivity contribution in [1.82, 2.24) is 4.90 Å². The molecule has 4 rings (SSSR count). The Morgan fingerprint density at radius 2 is 1.74 bits per heavy atom. The molecule has 3 aromatic carbocycles. The monoisotopic (exact) mass is 491 g/mol. The van der Waals surface area contributed by atoms with Gasteiger partial charge in [-0.3, -0.25) is 14.0 Å². The summed E-state index contributed by atoms with van der Waals surface area (Å²) in [6, 6.07) is 24.5. The van der Waals surface area contributed by atoms with Gasteiger partial charge in [0.1, 0.15) is 0 Å². The number of amides is 1. The Morgan fingerprint density at radius 1 is 1.03 bits per heavy atom. The normalized spacial score (nSPS) is 15.2. The first-order chi connectivity index (χ1) is 16.5. The molecule has 0 unspecified atom stereocenters. The molecule has 1 fully saturated rings. The molecule has 0 aliphatic carbocycles. The second-order valence-electron chi connectivity index (χ2n) is 7.58. The molecule has 0 aromatic heterocycles. The molecule has 0 saturated carbocycles. The first kappa shape index (κ1) is 23.8. The van der Waals surface area contributed by atoms with Crippen LogP contribution >= 0.6 is 11.8 Å². The second kappa shape index (κ2) is 10.7. The predicted molar refractivity (Wildman–Crippen MR) is 139 cm³/mol. The maximum absolute atomic E-state index is 13.5. The predicted octanol–water partition coefficient (Wildman–Crippen LogP) is 5.33. The molecular weight excluding hydrogens is 466 g/mol. The Hall–Kier alpha value is -3.36. The van der Waals surface area contributed by atoms with Crippen molar-refractivity contribution in [3.05, 3.63) is 103 Å². The van der Waals surface area contributed by atoms with Crippen molar-refractivity contribution in [3.8, 4) is 0 Å². The zero-order chi connectivity index (χ0) is 24.0. The highest BCUT2D eigenvalue weighted by molar-refractivity contribution is 8.13. The smallest absolute Gasteiger partial charge is 0.264 e. The molecule has 1 saturated heterocycles. The lowest BCUT2D eigenvalue weighted by Crippen LogP contribution is -2.39. The third-order valence-electron chi connectivity index (χ3n) is 5.22. The number of sulfonamides is 1. The van der Waals surface area contributed by atoms with Crippen molar-refractivity contribution in [2.24, 2.45) is 4.99 Å². The fourth-order valence-electron chi connectivity index (χ4n) is 3.58. The fourth-order valence-corrected chi connectivity index (χ4v) is 6.02. The lowest BCUT2D eigenvalue weighted by Gasteiger charge is -2.28. The summed E-state index contributed by atoms with van der Waals surface area (Å²) >= 11 is 1.53. The van der Waals surface area contributed by atoms with Crippen LogP contribution in [0.4, 0.5) is 11.4 Å². The van der Waals surface area contributed by atoms with E-state index in [0.29, 0.717) is 23.0 Å². The van der Waals surface area contributed by atoms with Gasteiger partial charge in [-0.15, -0.1) is 6.58 Å². The number of carbonyl (C=O) groups is 1. The number of para-hydroxylation sites is 2. The molecule has 0 atom stereocenters. The number of anilines is 1. The SMILES string of the molecule is C=CCN(c1ccccc1)S(=O)(=O)c1cccc(C(=O)N2CCCSC2=Nc2ccccc2)c1. The molecule has 34 heavy (non-hydrogen) atoms. The van der Waals surface area contributed by atoms with Gasteiger partial charge in [0.05, 0.1) is 22.8 Å². The van der Waals surface area contributed by atoms with Crippen LogP contribution in [0.15, 0.2) is 107 Å². The lowest BCUT2D eigenvalue weighted by molar-refractivity contribution is 0.0849. The van der Waals surface area contributed by atoms with Crippen molar-refractivity contribution in [3.63, 3.8) is 0 Å². The minimum atomic E-state index is -3.91. The zero-order valence-electron chi connectivity index (χ0n) is 18.6. The number of carbonyl (C=O) groups excluding carboxylic acids is 1. The van der Waals surface area contributed by atoms with Crippen LogP contribution in [0.1, 0.15) is 16.8 Å². The molecule has 1 heterocycles. The summed E-state index contributed by atoms with van der Waals surface area (Å²) in [6.45, 7) is 4.34. The summed E-state index contributed by atoms with van der Waals surface area (Å²) in [5.74, 6) is 0.603. The van der Waals surface area contributed by atoms with E-state index in [-0.39, 0.29) is 17.3 Å². The number of amidine groups is 1. The van der Waals surface area contributed by atoms with Crippen LogP contribution in [0.5, 0.6) is 0 Å². The van der Waals surface area contributed by atoms with E-state index >= 15 is 0 Å². The van der Waals surface area contributed by atoms with Crippen molar-refractivity contribution in [2.75, 3.05) is 23.1 Å². The molecular formula is C26H25N3O3S2. The zero-order valence-corrected chi connectivity index (χ0v) is 20.2. The van der Waals surface area contributed by atoms with Gasteiger partial charge in [-0.2, -0.15) is 0 Å². The number of hydrogen-bond acceptors (Lipinski definition) is 5. The van der Waals surface area contributed by atoms with Gasteiger partial charge in [-0.1, -0.05) is 60.3 Å². The molecule has 0 radical (unpaired) electrons. The van der Waals surface area contributed by atoms with Gasteiger partial charge in [-0.05, 0) is 48.9 Å². The minimum Gasteiger partial charge on any atom is -0.287 e. The van der Waals surface area contributed by atoms with Gasteiger partial charge in [-0.25, -0.2) is 13.4 Å². The summed E-state index contributed by atoms with van der Waals surface area (Å²) in [4.78, 5) is 19.8. The van der Waals surface area contributed by atoms with Crippen LogP contribution in [-0.2, 0) is 10.0 Å².